The summed E-state index contributed by atoms with van der Waals surface area (Å²) >= 11 is 0. The van der Waals surface area contributed by atoms with Crippen LogP contribution < -0.4 is 5.73 Å². The summed E-state index contributed by atoms with van der Waals surface area (Å²) in [5, 5.41) is 0. The molecule has 0 radical (unpaired) electrons. The normalized spacial score (nSPS) is 27.1. The lowest BCUT2D eigenvalue weighted by atomic mass is 10.2. The molecule has 2 N–H and O–H groups in total. The van der Waals surface area contributed by atoms with Gasteiger partial charge in [0, 0.05) is 19.1 Å². The number of nitrogens with zero attached hydrogens (tertiary/aromatic N) is 1. The average molecular weight is 206 g/mol. The molecule has 1 aliphatic heterocycles. The van der Waals surface area contributed by atoms with E-state index in [0.717, 1.165) is 13.1 Å². The second-order valence-corrected chi connectivity index (χ2v) is 4.22. The van der Waals surface area contributed by atoms with E-state index >= 15 is 0 Å². The first-order valence-corrected chi connectivity index (χ1v) is 5.35. The number of hydrogen-bond donors (Lipinski definition) is 1. The van der Waals surface area contributed by atoms with Crippen molar-refractivity contribution >= 4 is 0 Å². The van der Waals surface area contributed by atoms with Gasteiger partial charge >= 0.3 is 0 Å². The van der Waals surface area contributed by atoms with Crippen LogP contribution in [0.4, 0.5) is 0 Å². The second kappa shape index (κ2) is 4.75. The van der Waals surface area contributed by atoms with E-state index in [4.69, 9.17) is 10.5 Å². The molecular formula is C12H18N2O. The molecule has 1 aliphatic rings. The summed E-state index contributed by atoms with van der Waals surface area (Å²) in [6.07, 6.45) is 0.176. The highest BCUT2D eigenvalue weighted by molar-refractivity contribution is 5.13. The molecule has 1 heterocycles. The van der Waals surface area contributed by atoms with Crippen LogP contribution in [0.1, 0.15) is 5.56 Å². The highest BCUT2D eigenvalue weighted by Crippen LogP contribution is 2.12. The van der Waals surface area contributed by atoms with Gasteiger partial charge in [-0.05, 0) is 12.6 Å². The molecular weight excluding hydrogens is 188 g/mol. The van der Waals surface area contributed by atoms with Gasteiger partial charge in [-0.2, -0.15) is 0 Å². The van der Waals surface area contributed by atoms with Crippen LogP contribution >= 0.6 is 0 Å². The second-order valence-electron chi connectivity index (χ2n) is 4.22. The molecule has 0 spiro atoms. The van der Waals surface area contributed by atoms with Crippen LogP contribution in [0.25, 0.3) is 0 Å². The van der Waals surface area contributed by atoms with Crippen molar-refractivity contribution in [3.05, 3.63) is 35.9 Å². The monoisotopic (exact) mass is 206 g/mol. The highest BCUT2D eigenvalue weighted by Gasteiger charge is 2.28. The topological polar surface area (TPSA) is 38.5 Å². The molecule has 0 saturated carbocycles. The minimum atomic E-state index is 0.152. The Morgan fingerprint density at radius 1 is 1.33 bits per heavy atom. The van der Waals surface area contributed by atoms with Crippen LogP contribution in [0.2, 0.25) is 0 Å². The van der Waals surface area contributed by atoms with Gasteiger partial charge in [0.1, 0.15) is 0 Å². The SMILES string of the molecule is CN1C[C@H](OCc2ccccc2)[C@@H](N)C1. The van der Waals surface area contributed by atoms with Gasteiger partial charge < -0.3 is 15.4 Å². The molecule has 0 aromatic heterocycles. The largest absolute Gasteiger partial charge is 0.371 e. The van der Waals surface area contributed by atoms with Gasteiger partial charge in [-0.25, -0.2) is 0 Å². The fraction of sp³-hybridized carbons (Fsp3) is 0.500. The molecule has 0 amide bonds. The van der Waals surface area contributed by atoms with Gasteiger partial charge in [0.05, 0.1) is 12.7 Å². The third-order valence-electron chi connectivity index (χ3n) is 2.80. The van der Waals surface area contributed by atoms with Crippen molar-refractivity contribution in [3.63, 3.8) is 0 Å². The van der Waals surface area contributed by atoms with E-state index in [2.05, 4.69) is 24.1 Å². The summed E-state index contributed by atoms with van der Waals surface area (Å²) in [6, 6.07) is 10.4. The van der Waals surface area contributed by atoms with Crippen molar-refractivity contribution in [2.24, 2.45) is 5.73 Å². The van der Waals surface area contributed by atoms with Crippen molar-refractivity contribution in [2.45, 2.75) is 18.8 Å². The van der Waals surface area contributed by atoms with Crippen molar-refractivity contribution < 1.29 is 4.74 Å². The van der Waals surface area contributed by atoms with Gasteiger partial charge in [-0.1, -0.05) is 30.3 Å². The Hall–Kier alpha value is -0.900. The maximum absolute atomic E-state index is 5.97. The van der Waals surface area contributed by atoms with Crippen LogP contribution in [-0.2, 0) is 11.3 Å². The Labute approximate surface area is 90.8 Å². The van der Waals surface area contributed by atoms with Gasteiger partial charge in [-0.3, -0.25) is 0 Å². The van der Waals surface area contributed by atoms with Gasteiger partial charge in [-0.15, -0.1) is 0 Å². The van der Waals surface area contributed by atoms with Crippen LogP contribution in [0.15, 0.2) is 30.3 Å². The Balaban J connectivity index is 1.84. The molecule has 0 aliphatic carbocycles. The number of ether oxygens (including phenoxy) is 1. The van der Waals surface area contributed by atoms with E-state index in [1.807, 2.05) is 18.2 Å². The van der Waals surface area contributed by atoms with Crippen molar-refractivity contribution in [3.8, 4) is 0 Å². The molecule has 2 rings (SSSR count). The van der Waals surface area contributed by atoms with Crippen molar-refractivity contribution in [1.82, 2.24) is 4.90 Å². The van der Waals surface area contributed by atoms with Crippen LogP contribution in [-0.4, -0.2) is 37.2 Å². The van der Waals surface area contributed by atoms with Gasteiger partial charge in [0.25, 0.3) is 0 Å². The van der Waals surface area contributed by atoms with Crippen LogP contribution in [0.3, 0.4) is 0 Å². The quantitative estimate of drug-likeness (QED) is 0.796. The molecule has 1 fully saturated rings. The standard InChI is InChI=1S/C12H18N2O/c1-14-7-11(13)12(8-14)15-9-10-5-3-2-4-6-10/h2-6,11-12H,7-9,13H2,1H3/t11-,12-/m0/s1. The number of nitrogens with two attached hydrogens (primary N) is 1. The lowest BCUT2D eigenvalue weighted by molar-refractivity contribution is 0.0400. The Morgan fingerprint density at radius 2 is 2.07 bits per heavy atom. The lowest BCUT2D eigenvalue weighted by Gasteiger charge is -2.15. The molecule has 82 valence electrons. The predicted molar refractivity (Wildman–Crippen MR) is 60.5 cm³/mol. The number of hydrogen-bond acceptors (Lipinski definition) is 3. The first-order chi connectivity index (χ1) is 7.25. The first-order valence-electron chi connectivity index (χ1n) is 5.35. The fourth-order valence-corrected chi connectivity index (χ4v) is 1.95. The molecule has 3 nitrogen and oxygen atoms in total. The first kappa shape index (κ1) is 10.6. The minimum absolute atomic E-state index is 0.152. The Morgan fingerprint density at radius 3 is 2.67 bits per heavy atom. The number of likely N-dealkylation sites (tertiary alicyclic amines) is 1. The number of rotatable bonds is 3. The molecule has 1 aromatic rings. The van der Waals surface area contributed by atoms with E-state index in [1.54, 1.807) is 0 Å². The molecule has 0 unspecified atom stereocenters. The predicted octanol–water partition coefficient (Wildman–Crippen LogP) is 0.844. The summed E-state index contributed by atoms with van der Waals surface area (Å²) < 4.78 is 5.80. The summed E-state index contributed by atoms with van der Waals surface area (Å²) in [6.45, 7) is 2.53. The van der Waals surface area contributed by atoms with E-state index in [-0.39, 0.29) is 12.1 Å². The Kier molecular flexibility index (Phi) is 3.36. The van der Waals surface area contributed by atoms with Crippen LogP contribution in [0, 0.1) is 0 Å². The van der Waals surface area contributed by atoms with E-state index in [0.29, 0.717) is 6.61 Å². The highest BCUT2D eigenvalue weighted by atomic mass is 16.5. The molecule has 2 atom stereocenters. The molecule has 1 saturated heterocycles. The summed E-state index contributed by atoms with van der Waals surface area (Å²) in [5.41, 5.74) is 7.17. The zero-order valence-corrected chi connectivity index (χ0v) is 9.10. The van der Waals surface area contributed by atoms with E-state index in [1.165, 1.54) is 5.56 Å². The van der Waals surface area contributed by atoms with E-state index in [9.17, 15) is 0 Å². The summed E-state index contributed by atoms with van der Waals surface area (Å²) in [4.78, 5) is 2.21. The zero-order chi connectivity index (χ0) is 10.7. The third kappa shape index (κ3) is 2.78. The number of likely N-dealkylation sites (N-methyl/N-ethyl adjacent to an activating group) is 1. The van der Waals surface area contributed by atoms with Crippen LogP contribution in [0.5, 0.6) is 0 Å². The molecule has 0 bridgehead atoms. The lowest BCUT2D eigenvalue weighted by Crippen LogP contribution is -2.35. The maximum atomic E-state index is 5.97. The van der Waals surface area contributed by atoms with E-state index < -0.39 is 0 Å². The van der Waals surface area contributed by atoms with Crippen molar-refractivity contribution in [1.29, 1.82) is 0 Å². The molecule has 1 aromatic carbocycles. The summed E-state index contributed by atoms with van der Waals surface area (Å²) in [5.74, 6) is 0. The van der Waals surface area contributed by atoms with Gasteiger partial charge in [0.2, 0.25) is 0 Å². The molecule has 3 heteroatoms. The average Bonchev–Trinajstić information content (AvgIpc) is 2.56. The maximum Gasteiger partial charge on any atom is 0.0869 e. The van der Waals surface area contributed by atoms with Crippen molar-refractivity contribution in [2.75, 3.05) is 20.1 Å². The summed E-state index contributed by atoms with van der Waals surface area (Å²) in [7, 11) is 2.08. The Bertz CT molecular complexity index is 302. The molecule has 15 heavy (non-hydrogen) atoms. The fourth-order valence-electron chi connectivity index (χ4n) is 1.95. The zero-order valence-electron chi connectivity index (χ0n) is 9.10. The number of benzene rings is 1. The third-order valence-corrected chi connectivity index (χ3v) is 2.80. The van der Waals surface area contributed by atoms with Gasteiger partial charge in [0.15, 0.2) is 0 Å². The smallest absolute Gasteiger partial charge is 0.0869 e. The minimum Gasteiger partial charge on any atom is -0.371 e.